The van der Waals surface area contributed by atoms with Gasteiger partial charge in [0.25, 0.3) is 0 Å². The molecule has 1 fully saturated rings. The molecule has 1 atom stereocenters. The number of hydrogen-bond acceptors (Lipinski definition) is 6. The van der Waals surface area contributed by atoms with Gasteiger partial charge in [-0.1, -0.05) is 13.0 Å². The van der Waals surface area contributed by atoms with Crippen molar-refractivity contribution in [2.45, 2.75) is 32.7 Å². The second-order valence-electron chi connectivity index (χ2n) is 7.72. The van der Waals surface area contributed by atoms with Crippen molar-refractivity contribution in [3.8, 4) is 11.5 Å². The van der Waals surface area contributed by atoms with Crippen LogP contribution in [0.2, 0.25) is 0 Å². The number of esters is 1. The summed E-state index contributed by atoms with van der Waals surface area (Å²) >= 11 is 0. The van der Waals surface area contributed by atoms with E-state index in [1.54, 1.807) is 33.3 Å². The first-order valence-electron chi connectivity index (χ1n) is 10.4. The Hall–Kier alpha value is -2.74. The molecular weight excluding hydrogens is 386 g/mol. The second kappa shape index (κ2) is 9.84. The van der Waals surface area contributed by atoms with Crippen molar-refractivity contribution in [3.63, 3.8) is 0 Å². The summed E-state index contributed by atoms with van der Waals surface area (Å²) in [7, 11) is 3.11. The third-order valence-corrected chi connectivity index (χ3v) is 5.65. The maximum atomic E-state index is 12.9. The highest BCUT2D eigenvalue weighted by Gasteiger charge is 2.35. The number of hydrogen-bond donors (Lipinski definition) is 2. The third-order valence-electron chi connectivity index (χ3n) is 5.65. The average molecular weight is 418 g/mol. The number of methoxy groups -OCH3 is 2. The van der Waals surface area contributed by atoms with E-state index in [0.29, 0.717) is 35.2 Å². The van der Waals surface area contributed by atoms with E-state index in [0.717, 1.165) is 31.5 Å². The molecule has 164 valence electrons. The zero-order valence-corrected chi connectivity index (χ0v) is 18.1. The van der Waals surface area contributed by atoms with E-state index < -0.39 is 12.0 Å². The summed E-state index contributed by atoms with van der Waals surface area (Å²) in [4.78, 5) is 27.7. The lowest BCUT2D eigenvalue weighted by atomic mass is 9.94. The van der Waals surface area contributed by atoms with Crippen LogP contribution in [0, 0.1) is 5.92 Å². The van der Waals surface area contributed by atoms with E-state index in [1.807, 2.05) is 6.07 Å². The predicted octanol–water partition coefficient (Wildman–Crippen LogP) is 2.61. The monoisotopic (exact) mass is 417 g/mol. The molecule has 0 saturated carbocycles. The smallest absolute Gasteiger partial charge is 0.338 e. The molecule has 2 N–H and O–H groups in total. The molecule has 3 rings (SSSR count). The zero-order chi connectivity index (χ0) is 21.7. The molecule has 0 bridgehead atoms. The Balaban J connectivity index is 1.99. The minimum atomic E-state index is -0.642. The Morgan fingerprint density at radius 2 is 1.87 bits per heavy atom. The molecule has 0 aromatic heterocycles. The fraction of sp³-hybridized carbons (Fsp3) is 0.545. The molecule has 0 aliphatic carbocycles. The van der Waals surface area contributed by atoms with E-state index in [1.165, 1.54) is 0 Å². The van der Waals surface area contributed by atoms with Crippen LogP contribution in [0.3, 0.4) is 0 Å². The van der Waals surface area contributed by atoms with Gasteiger partial charge in [-0.3, -0.25) is 4.90 Å². The van der Waals surface area contributed by atoms with Gasteiger partial charge in [0.05, 0.1) is 32.4 Å². The summed E-state index contributed by atoms with van der Waals surface area (Å²) in [6, 6.07) is 4.36. The molecule has 2 amide bonds. The Morgan fingerprint density at radius 1 is 1.17 bits per heavy atom. The van der Waals surface area contributed by atoms with E-state index in [-0.39, 0.29) is 12.6 Å². The summed E-state index contributed by atoms with van der Waals surface area (Å²) in [5, 5.41) is 5.71. The van der Waals surface area contributed by atoms with Crippen LogP contribution in [0.1, 0.15) is 38.3 Å². The lowest BCUT2D eigenvalue weighted by molar-refractivity contribution is -0.139. The van der Waals surface area contributed by atoms with Crippen LogP contribution in [0.4, 0.5) is 4.79 Å². The number of ether oxygens (including phenoxy) is 3. The SMILES string of the molecule is CCOC(=O)C1=C(CN2CCC(C)CC2)NC(=O)N[C@H]1c1ccc(OC)c(OC)c1. The van der Waals surface area contributed by atoms with E-state index in [9.17, 15) is 9.59 Å². The maximum absolute atomic E-state index is 12.9. The molecule has 8 heteroatoms. The van der Waals surface area contributed by atoms with Crippen molar-refractivity contribution in [1.29, 1.82) is 0 Å². The van der Waals surface area contributed by atoms with Crippen LogP contribution < -0.4 is 20.1 Å². The third kappa shape index (κ3) is 4.87. The minimum Gasteiger partial charge on any atom is -0.493 e. The van der Waals surface area contributed by atoms with Crippen molar-refractivity contribution in [2.75, 3.05) is 40.5 Å². The van der Waals surface area contributed by atoms with Crippen LogP contribution in [0.5, 0.6) is 11.5 Å². The molecule has 1 aromatic carbocycles. The number of urea groups is 1. The molecular formula is C22H31N3O5. The number of amides is 2. The quantitative estimate of drug-likeness (QED) is 0.663. The Labute approximate surface area is 177 Å². The zero-order valence-electron chi connectivity index (χ0n) is 18.1. The molecule has 2 aliphatic rings. The van der Waals surface area contributed by atoms with Gasteiger partial charge in [0.15, 0.2) is 11.5 Å². The molecule has 1 aromatic rings. The Bertz CT molecular complexity index is 815. The molecule has 0 radical (unpaired) electrons. The first-order valence-corrected chi connectivity index (χ1v) is 10.4. The van der Waals surface area contributed by atoms with Gasteiger partial charge in [0, 0.05) is 12.2 Å². The normalized spacial score (nSPS) is 20.4. The standard InChI is InChI=1S/C22H31N3O5/c1-5-30-21(26)19-16(13-25-10-8-14(2)9-11-25)23-22(27)24-20(19)15-6-7-17(28-3)18(12-15)29-4/h6-7,12,14,20H,5,8-11,13H2,1-4H3,(H2,23,24,27)/t20-/m0/s1. The summed E-state index contributed by atoms with van der Waals surface area (Å²) in [6.45, 7) is 6.64. The average Bonchev–Trinajstić information content (AvgIpc) is 2.74. The number of likely N-dealkylation sites (tertiary alicyclic amines) is 1. The van der Waals surface area contributed by atoms with Gasteiger partial charge in [-0.25, -0.2) is 9.59 Å². The fourth-order valence-corrected chi connectivity index (χ4v) is 3.92. The number of carbonyl (C=O) groups is 2. The van der Waals surface area contributed by atoms with Gasteiger partial charge < -0.3 is 24.8 Å². The Kier molecular flexibility index (Phi) is 7.20. The lowest BCUT2D eigenvalue weighted by Gasteiger charge is -2.34. The van der Waals surface area contributed by atoms with Gasteiger partial charge in [-0.05, 0) is 56.5 Å². The number of benzene rings is 1. The summed E-state index contributed by atoms with van der Waals surface area (Å²) < 4.78 is 16.1. The molecule has 1 saturated heterocycles. The van der Waals surface area contributed by atoms with Gasteiger partial charge in [-0.2, -0.15) is 0 Å². The van der Waals surface area contributed by atoms with Crippen LogP contribution in [0.15, 0.2) is 29.5 Å². The van der Waals surface area contributed by atoms with Crippen molar-refractivity contribution < 1.29 is 23.8 Å². The Morgan fingerprint density at radius 3 is 2.50 bits per heavy atom. The first kappa shape index (κ1) is 22.0. The van der Waals surface area contributed by atoms with Crippen LogP contribution >= 0.6 is 0 Å². The molecule has 8 nitrogen and oxygen atoms in total. The van der Waals surface area contributed by atoms with E-state index in [4.69, 9.17) is 14.2 Å². The predicted molar refractivity (Wildman–Crippen MR) is 112 cm³/mol. The molecule has 0 spiro atoms. The number of nitrogens with one attached hydrogen (secondary N) is 2. The van der Waals surface area contributed by atoms with Crippen LogP contribution in [-0.4, -0.2) is 57.4 Å². The van der Waals surface area contributed by atoms with E-state index in [2.05, 4.69) is 22.5 Å². The first-order chi connectivity index (χ1) is 14.5. The highest BCUT2D eigenvalue weighted by molar-refractivity contribution is 5.95. The number of nitrogens with zero attached hydrogens (tertiary/aromatic N) is 1. The molecule has 0 unspecified atom stereocenters. The van der Waals surface area contributed by atoms with Gasteiger partial charge in [-0.15, -0.1) is 0 Å². The summed E-state index contributed by atoms with van der Waals surface area (Å²) in [5.74, 6) is 1.36. The fourth-order valence-electron chi connectivity index (χ4n) is 3.92. The maximum Gasteiger partial charge on any atom is 0.338 e. The molecule has 2 heterocycles. The van der Waals surface area contributed by atoms with Gasteiger partial charge >= 0.3 is 12.0 Å². The highest BCUT2D eigenvalue weighted by Crippen LogP contribution is 2.34. The minimum absolute atomic E-state index is 0.253. The molecule has 2 aliphatic heterocycles. The van der Waals surface area contributed by atoms with Gasteiger partial charge in [0.1, 0.15) is 0 Å². The van der Waals surface area contributed by atoms with Crippen molar-refractivity contribution in [1.82, 2.24) is 15.5 Å². The lowest BCUT2D eigenvalue weighted by Crippen LogP contribution is -2.49. The second-order valence-corrected chi connectivity index (χ2v) is 7.72. The summed E-state index contributed by atoms with van der Waals surface area (Å²) in [6.07, 6.45) is 2.21. The largest absolute Gasteiger partial charge is 0.493 e. The summed E-state index contributed by atoms with van der Waals surface area (Å²) in [5.41, 5.74) is 1.73. The topological polar surface area (TPSA) is 89.1 Å². The number of rotatable bonds is 7. The van der Waals surface area contributed by atoms with Crippen molar-refractivity contribution >= 4 is 12.0 Å². The van der Waals surface area contributed by atoms with Crippen LogP contribution in [0.25, 0.3) is 0 Å². The van der Waals surface area contributed by atoms with Crippen molar-refractivity contribution in [2.24, 2.45) is 5.92 Å². The highest BCUT2D eigenvalue weighted by atomic mass is 16.5. The van der Waals surface area contributed by atoms with Crippen molar-refractivity contribution in [3.05, 3.63) is 35.0 Å². The number of carbonyl (C=O) groups excluding carboxylic acids is 2. The van der Waals surface area contributed by atoms with Crippen LogP contribution in [-0.2, 0) is 9.53 Å². The molecule has 30 heavy (non-hydrogen) atoms. The van der Waals surface area contributed by atoms with Gasteiger partial charge in [0.2, 0.25) is 0 Å². The van der Waals surface area contributed by atoms with E-state index >= 15 is 0 Å². The number of piperidine rings is 1.